The van der Waals surface area contributed by atoms with Crippen LogP contribution in [0.5, 0.6) is 0 Å². The molecule has 1 atom stereocenters. The lowest BCUT2D eigenvalue weighted by Crippen LogP contribution is -2.45. The molecule has 2 aliphatic heterocycles. The zero-order valence-electron chi connectivity index (χ0n) is 18.3. The zero-order valence-corrected chi connectivity index (χ0v) is 18.3. The number of carbonyl (C=O) groups excluding carboxylic acids is 3. The van der Waals surface area contributed by atoms with Crippen molar-refractivity contribution in [1.82, 2.24) is 9.80 Å². The van der Waals surface area contributed by atoms with Crippen molar-refractivity contribution < 1.29 is 28.2 Å². The second-order valence-corrected chi connectivity index (χ2v) is 8.24. The first-order valence-corrected chi connectivity index (χ1v) is 11.2. The molecule has 174 valence electrons. The minimum Gasteiger partial charge on any atom is -0.447 e. The van der Waals surface area contributed by atoms with Crippen LogP contribution in [0.2, 0.25) is 0 Å². The van der Waals surface area contributed by atoms with Gasteiger partial charge in [-0.1, -0.05) is 30.3 Å². The molecule has 2 amide bonds. The predicted molar refractivity (Wildman–Crippen MR) is 118 cm³/mol. The van der Waals surface area contributed by atoms with E-state index in [0.717, 1.165) is 0 Å². The topological polar surface area (TPSA) is 76.2 Å². The minimum absolute atomic E-state index is 0.188. The van der Waals surface area contributed by atoms with Gasteiger partial charge in [0.25, 0.3) is 11.8 Å². The Kier molecular flexibility index (Phi) is 7.34. The summed E-state index contributed by atoms with van der Waals surface area (Å²) in [5.74, 6) is -1.66. The highest BCUT2D eigenvalue weighted by atomic mass is 19.1. The van der Waals surface area contributed by atoms with E-state index in [1.807, 2.05) is 18.2 Å². The van der Waals surface area contributed by atoms with Crippen LogP contribution in [0.15, 0.2) is 54.6 Å². The number of halogens is 1. The molecule has 0 bridgehead atoms. The lowest BCUT2D eigenvalue weighted by Gasteiger charge is -2.33. The van der Waals surface area contributed by atoms with Gasteiger partial charge in [-0.2, -0.15) is 0 Å². The largest absolute Gasteiger partial charge is 0.447 e. The Morgan fingerprint density at radius 3 is 2.15 bits per heavy atom. The first kappa shape index (κ1) is 22.9. The molecule has 0 aromatic heterocycles. The molecule has 7 nitrogen and oxygen atoms in total. The van der Waals surface area contributed by atoms with Gasteiger partial charge in [-0.25, -0.2) is 4.39 Å². The molecule has 0 N–H and O–H groups in total. The number of nitrogens with zero attached hydrogens (tertiary/aromatic N) is 2. The van der Waals surface area contributed by atoms with Gasteiger partial charge in [0.15, 0.2) is 0 Å². The monoisotopic (exact) mass is 454 g/mol. The van der Waals surface area contributed by atoms with Crippen LogP contribution in [-0.4, -0.2) is 67.0 Å². The molecule has 2 heterocycles. The Hall–Kier alpha value is -3.26. The van der Waals surface area contributed by atoms with Crippen molar-refractivity contribution in [2.45, 2.75) is 18.9 Å². The van der Waals surface area contributed by atoms with Gasteiger partial charge >= 0.3 is 5.97 Å². The molecular formula is C25H27FN2O5. The van der Waals surface area contributed by atoms with Crippen LogP contribution in [0.25, 0.3) is 0 Å². The van der Waals surface area contributed by atoms with Gasteiger partial charge in [0.1, 0.15) is 5.82 Å². The molecule has 0 radical (unpaired) electrons. The maximum absolute atomic E-state index is 13.2. The summed E-state index contributed by atoms with van der Waals surface area (Å²) in [6.07, 6.45) is -0.117. The number of esters is 1. The van der Waals surface area contributed by atoms with E-state index in [9.17, 15) is 18.8 Å². The van der Waals surface area contributed by atoms with Crippen LogP contribution in [0.1, 0.15) is 34.9 Å². The number of rotatable bonds is 5. The number of hydrogen-bond acceptors (Lipinski definition) is 5. The van der Waals surface area contributed by atoms with E-state index < -0.39 is 23.8 Å². The number of morpholine rings is 1. The second-order valence-electron chi connectivity index (χ2n) is 8.24. The maximum Gasteiger partial charge on any atom is 0.310 e. The minimum atomic E-state index is -1.00. The van der Waals surface area contributed by atoms with E-state index in [1.54, 1.807) is 21.9 Å². The molecule has 2 saturated heterocycles. The number of likely N-dealkylation sites (tertiary alicyclic amines) is 1. The van der Waals surface area contributed by atoms with E-state index >= 15 is 0 Å². The van der Waals surface area contributed by atoms with E-state index in [-0.39, 0.29) is 11.8 Å². The fraction of sp³-hybridized carbons (Fsp3) is 0.400. The first-order valence-electron chi connectivity index (χ1n) is 11.2. The molecular weight excluding hydrogens is 427 g/mol. The van der Waals surface area contributed by atoms with Gasteiger partial charge in [0, 0.05) is 37.3 Å². The standard InChI is InChI=1S/C25H27FN2O5/c26-21-8-6-19(7-9-21)23(29)27-12-10-20(11-13-27)25(31)33-22(18-4-2-1-3-5-18)24(30)28-14-16-32-17-15-28/h1-9,20,22H,10-17H2/t22-/m0/s1. The van der Waals surface area contributed by atoms with Crippen molar-refractivity contribution in [3.63, 3.8) is 0 Å². The Morgan fingerprint density at radius 2 is 1.52 bits per heavy atom. The van der Waals surface area contributed by atoms with Crippen LogP contribution in [0, 0.1) is 11.7 Å². The summed E-state index contributed by atoms with van der Waals surface area (Å²) in [6, 6.07) is 14.4. The Labute approximate surface area is 192 Å². The summed E-state index contributed by atoms with van der Waals surface area (Å²) in [5, 5.41) is 0. The molecule has 4 rings (SSSR count). The Balaban J connectivity index is 1.38. The van der Waals surface area contributed by atoms with Crippen LogP contribution in [-0.2, 0) is 19.1 Å². The van der Waals surface area contributed by atoms with Crippen molar-refractivity contribution in [2.75, 3.05) is 39.4 Å². The molecule has 2 aromatic rings. The third-order valence-electron chi connectivity index (χ3n) is 6.09. The molecule has 0 spiro atoms. The van der Waals surface area contributed by atoms with Gasteiger partial charge in [-0.15, -0.1) is 0 Å². The van der Waals surface area contributed by atoms with E-state index in [2.05, 4.69) is 0 Å². The average Bonchev–Trinajstić information content (AvgIpc) is 2.88. The van der Waals surface area contributed by atoms with E-state index in [4.69, 9.17) is 9.47 Å². The molecule has 8 heteroatoms. The van der Waals surface area contributed by atoms with Crippen LogP contribution in [0.3, 0.4) is 0 Å². The average molecular weight is 454 g/mol. The van der Waals surface area contributed by atoms with Crippen LogP contribution >= 0.6 is 0 Å². The third-order valence-corrected chi connectivity index (χ3v) is 6.09. The summed E-state index contributed by atoms with van der Waals surface area (Å²) in [7, 11) is 0. The van der Waals surface area contributed by atoms with Crippen molar-refractivity contribution in [1.29, 1.82) is 0 Å². The van der Waals surface area contributed by atoms with Gasteiger partial charge < -0.3 is 19.3 Å². The molecule has 0 unspecified atom stereocenters. The van der Waals surface area contributed by atoms with Crippen molar-refractivity contribution in [2.24, 2.45) is 5.92 Å². The highest BCUT2D eigenvalue weighted by Gasteiger charge is 2.34. The smallest absolute Gasteiger partial charge is 0.310 e. The summed E-state index contributed by atoms with van der Waals surface area (Å²) in [6.45, 7) is 2.63. The molecule has 0 aliphatic carbocycles. The van der Waals surface area contributed by atoms with Crippen LogP contribution in [0.4, 0.5) is 4.39 Å². The summed E-state index contributed by atoms with van der Waals surface area (Å²) >= 11 is 0. The van der Waals surface area contributed by atoms with Crippen LogP contribution < -0.4 is 0 Å². The quantitative estimate of drug-likeness (QED) is 0.650. The van der Waals surface area contributed by atoms with Gasteiger partial charge in [0.05, 0.1) is 19.1 Å². The molecule has 2 aliphatic rings. The van der Waals surface area contributed by atoms with Crippen molar-refractivity contribution in [3.05, 3.63) is 71.5 Å². The third kappa shape index (κ3) is 5.57. The van der Waals surface area contributed by atoms with Crippen molar-refractivity contribution in [3.8, 4) is 0 Å². The molecule has 33 heavy (non-hydrogen) atoms. The molecule has 2 aromatic carbocycles. The highest BCUT2D eigenvalue weighted by molar-refractivity contribution is 5.94. The Morgan fingerprint density at radius 1 is 0.879 bits per heavy atom. The van der Waals surface area contributed by atoms with Gasteiger partial charge in [-0.3, -0.25) is 14.4 Å². The highest BCUT2D eigenvalue weighted by Crippen LogP contribution is 2.26. The van der Waals surface area contributed by atoms with Gasteiger partial charge in [0.2, 0.25) is 6.10 Å². The Bertz CT molecular complexity index is 968. The second kappa shape index (κ2) is 10.6. The first-order chi connectivity index (χ1) is 16.0. The number of carbonyl (C=O) groups is 3. The fourth-order valence-electron chi connectivity index (χ4n) is 4.14. The van der Waals surface area contributed by atoms with Crippen molar-refractivity contribution >= 4 is 17.8 Å². The number of amides is 2. The number of benzene rings is 2. The fourth-order valence-corrected chi connectivity index (χ4v) is 4.14. The summed E-state index contributed by atoms with van der Waals surface area (Å²) in [5.41, 5.74) is 1.05. The lowest BCUT2D eigenvalue weighted by molar-refractivity contribution is -0.167. The zero-order chi connectivity index (χ0) is 23.2. The molecule has 2 fully saturated rings. The normalized spacial score (nSPS) is 18.0. The summed E-state index contributed by atoms with van der Waals surface area (Å²) in [4.78, 5) is 42.1. The van der Waals surface area contributed by atoms with Gasteiger partial charge in [-0.05, 0) is 37.1 Å². The summed E-state index contributed by atoms with van der Waals surface area (Å²) < 4.78 is 24.2. The van der Waals surface area contributed by atoms with E-state index in [0.29, 0.717) is 63.4 Å². The number of hydrogen-bond donors (Lipinski definition) is 0. The lowest BCUT2D eigenvalue weighted by atomic mass is 9.96. The predicted octanol–water partition coefficient (Wildman–Crippen LogP) is 2.82. The van der Waals surface area contributed by atoms with E-state index in [1.165, 1.54) is 24.3 Å². The number of ether oxygens (including phenoxy) is 2. The SMILES string of the molecule is O=C(O[C@H](C(=O)N1CCOCC1)c1ccccc1)C1CCN(C(=O)c2ccc(F)cc2)CC1. The molecule has 0 saturated carbocycles. The number of piperidine rings is 1. The maximum atomic E-state index is 13.2.